The zero-order chi connectivity index (χ0) is 17.4. The number of H-pyrrole nitrogens is 1. The number of nitrogens with one attached hydrogen (secondary N) is 2. The molecule has 2 atom stereocenters. The Labute approximate surface area is 145 Å². The molecule has 1 aromatic heterocycles. The minimum absolute atomic E-state index is 0.0660. The molecule has 4 rings (SSSR count). The highest BCUT2D eigenvalue weighted by Crippen LogP contribution is 2.48. The van der Waals surface area contributed by atoms with Gasteiger partial charge in [-0.05, 0) is 24.0 Å². The molecule has 1 heterocycles. The van der Waals surface area contributed by atoms with E-state index in [1.54, 1.807) is 0 Å². The van der Waals surface area contributed by atoms with E-state index >= 15 is 0 Å². The summed E-state index contributed by atoms with van der Waals surface area (Å²) >= 11 is 0. The average molecular weight is 334 g/mol. The molecule has 1 amide bonds. The molecule has 1 aliphatic rings. The van der Waals surface area contributed by atoms with Crippen LogP contribution in [0.2, 0.25) is 0 Å². The fraction of sp³-hybridized carbons (Fsp3) is 0.200. The second-order valence-corrected chi connectivity index (χ2v) is 6.26. The molecule has 5 nitrogen and oxygen atoms in total. The smallest absolute Gasteiger partial charge is 0.356 e. The highest BCUT2D eigenvalue weighted by Gasteiger charge is 2.44. The number of amides is 1. The molecule has 0 bridgehead atoms. The number of esters is 1. The van der Waals surface area contributed by atoms with Crippen molar-refractivity contribution in [3.8, 4) is 0 Å². The quantitative estimate of drug-likeness (QED) is 0.715. The Morgan fingerprint density at radius 2 is 1.80 bits per heavy atom. The number of benzene rings is 2. The van der Waals surface area contributed by atoms with Gasteiger partial charge in [-0.25, -0.2) is 4.79 Å². The molecule has 126 valence electrons. The van der Waals surface area contributed by atoms with Crippen LogP contribution in [-0.4, -0.2) is 24.0 Å². The lowest BCUT2D eigenvalue weighted by molar-refractivity contribution is -0.117. The van der Waals surface area contributed by atoms with E-state index in [2.05, 4.69) is 10.3 Å². The van der Waals surface area contributed by atoms with Gasteiger partial charge in [-0.1, -0.05) is 48.5 Å². The SMILES string of the molecule is COC(=O)c1[nH]c2ccccc2c1NC(=O)C1CC1c1ccccc1. The van der Waals surface area contributed by atoms with E-state index in [1.165, 1.54) is 12.7 Å². The van der Waals surface area contributed by atoms with Gasteiger partial charge in [-0.15, -0.1) is 0 Å². The molecule has 0 spiro atoms. The topological polar surface area (TPSA) is 71.2 Å². The summed E-state index contributed by atoms with van der Waals surface area (Å²) in [4.78, 5) is 27.8. The van der Waals surface area contributed by atoms with Crippen molar-refractivity contribution in [2.45, 2.75) is 12.3 Å². The van der Waals surface area contributed by atoms with Gasteiger partial charge >= 0.3 is 5.97 Å². The van der Waals surface area contributed by atoms with Gasteiger partial charge in [0, 0.05) is 16.8 Å². The summed E-state index contributed by atoms with van der Waals surface area (Å²) in [5.41, 5.74) is 2.73. The minimum Gasteiger partial charge on any atom is -0.464 e. The van der Waals surface area contributed by atoms with Crippen molar-refractivity contribution in [2.24, 2.45) is 5.92 Å². The van der Waals surface area contributed by atoms with Crippen LogP contribution in [0.1, 0.15) is 28.4 Å². The fourth-order valence-corrected chi connectivity index (χ4v) is 3.30. The largest absolute Gasteiger partial charge is 0.464 e. The Kier molecular flexibility index (Phi) is 3.76. The Bertz CT molecular complexity index is 946. The maximum atomic E-state index is 12.7. The molecule has 0 radical (unpaired) electrons. The standard InChI is InChI=1S/C20H18N2O3/c1-25-20(24)18-17(13-9-5-6-10-16(13)21-18)22-19(23)15-11-14(15)12-7-3-2-4-8-12/h2-10,14-15,21H,11H2,1H3,(H,22,23). The van der Waals surface area contributed by atoms with E-state index < -0.39 is 5.97 Å². The molecule has 1 saturated carbocycles. The number of hydrogen-bond donors (Lipinski definition) is 2. The normalized spacial score (nSPS) is 18.8. The summed E-state index contributed by atoms with van der Waals surface area (Å²) in [6.45, 7) is 0. The Hall–Kier alpha value is -3.08. The Morgan fingerprint density at radius 1 is 1.08 bits per heavy atom. The van der Waals surface area contributed by atoms with Crippen molar-refractivity contribution in [2.75, 3.05) is 12.4 Å². The van der Waals surface area contributed by atoms with Gasteiger partial charge in [0.05, 0.1) is 12.8 Å². The van der Waals surface area contributed by atoms with Gasteiger partial charge in [-0.2, -0.15) is 0 Å². The number of para-hydroxylation sites is 1. The first kappa shape index (κ1) is 15.4. The van der Waals surface area contributed by atoms with Crippen LogP contribution in [0.25, 0.3) is 10.9 Å². The Morgan fingerprint density at radius 3 is 2.56 bits per heavy atom. The lowest BCUT2D eigenvalue weighted by Crippen LogP contribution is -2.17. The summed E-state index contributed by atoms with van der Waals surface area (Å²) < 4.78 is 4.83. The van der Waals surface area contributed by atoms with Crippen molar-refractivity contribution in [1.82, 2.24) is 4.98 Å². The number of carbonyl (C=O) groups is 2. The molecular formula is C20H18N2O3. The third-order valence-corrected chi connectivity index (χ3v) is 4.70. The molecule has 2 unspecified atom stereocenters. The van der Waals surface area contributed by atoms with E-state index in [-0.39, 0.29) is 23.4 Å². The van der Waals surface area contributed by atoms with Crippen LogP contribution in [0.15, 0.2) is 54.6 Å². The number of ether oxygens (including phenoxy) is 1. The van der Waals surface area contributed by atoms with Crippen molar-refractivity contribution in [3.63, 3.8) is 0 Å². The first-order valence-corrected chi connectivity index (χ1v) is 8.24. The molecule has 0 aliphatic heterocycles. The molecule has 5 heteroatoms. The number of fused-ring (bicyclic) bond motifs is 1. The summed E-state index contributed by atoms with van der Waals surface area (Å²) in [5.74, 6) is -0.389. The highest BCUT2D eigenvalue weighted by molar-refractivity contribution is 6.11. The number of aromatic amines is 1. The number of methoxy groups -OCH3 is 1. The molecular weight excluding hydrogens is 316 g/mol. The van der Waals surface area contributed by atoms with E-state index in [4.69, 9.17) is 4.74 Å². The number of carbonyl (C=O) groups excluding carboxylic acids is 2. The molecule has 1 fully saturated rings. The number of anilines is 1. The third kappa shape index (κ3) is 2.78. The van der Waals surface area contributed by atoms with Crippen LogP contribution in [0.5, 0.6) is 0 Å². The predicted octanol–water partition coefficient (Wildman–Crippen LogP) is 3.70. The molecule has 0 saturated heterocycles. The maximum Gasteiger partial charge on any atom is 0.356 e. The Balaban J connectivity index is 1.60. The van der Waals surface area contributed by atoms with Crippen LogP contribution in [0.4, 0.5) is 5.69 Å². The second kappa shape index (κ2) is 6.09. The molecule has 1 aliphatic carbocycles. The number of aromatic nitrogens is 1. The lowest BCUT2D eigenvalue weighted by Gasteiger charge is -2.06. The van der Waals surface area contributed by atoms with E-state index in [0.717, 1.165) is 17.3 Å². The zero-order valence-corrected chi connectivity index (χ0v) is 13.8. The van der Waals surface area contributed by atoms with Crippen molar-refractivity contribution < 1.29 is 14.3 Å². The first-order chi connectivity index (χ1) is 12.2. The van der Waals surface area contributed by atoms with Gasteiger partial charge in [0.1, 0.15) is 5.69 Å². The zero-order valence-electron chi connectivity index (χ0n) is 13.8. The molecule has 2 N–H and O–H groups in total. The van der Waals surface area contributed by atoms with Crippen LogP contribution in [-0.2, 0) is 9.53 Å². The van der Waals surface area contributed by atoms with Crippen LogP contribution < -0.4 is 5.32 Å². The number of rotatable bonds is 4. The van der Waals surface area contributed by atoms with Crippen LogP contribution in [0.3, 0.4) is 0 Å². The van der Waals surface area contributed by atoms with Crippen molar-refractivity contribution >= 4 is 28.5 Å². The van der Waals surface area contributed by atoms with E-state index in [1.807, 2.05) is 54.6 Å². The summed E-state index contributed by atoms with van der Waals surface area (Å²) in [5, 5.41) is 3.74. The molecule has 2 aromatic carbocycles. The maximum absolute atomic E-state index is 12.7. The average Bonchev–Trinajstić information content (AvgIpc) is 3.39. The lowest BCUT2D eigenvalue weighted by atomic mass is 10.1. The van der Waals surface area contributed by atoms with Gasteiger partial charge in [0.15, 0.2) is 0 Å². The van der Waals surface area contributed by atoms with E-state index in [0.29, 0.717) is 5.69 Å². The highest BCUT2D eigenvalue weighted by atomic mass is 16.5. The van der Waals surface area contributed by atoms with E-state index in [9.17, 15) is 9.59 Å². The van der Waals surface area contributed by atoms with Gasteiger partial charge < -0.3 is 15.0 Å². The number of hydrogen-bond acceptors (Lipinski definition) is 3. The van der Waals surface area contributed by atoms with Crippen LogP contribution in [0, 0.1) is 5.92 Å². The van der Waals surface area contributed by atoms with Crippen molar-refractivity contribution in [3.05, 3.63) is 65.9 Å². The van der Waals surface area contributed by atoms with Gasteiger partial charge in [0.25, 0.3) is 0 Å². The van der Waals surface area contributed by atoms with Gasteiger partial charge in [-0.3, -0.25) is 4.79 Å². The monoisotopic (exact) mass is 334 g/mol. The summed E-state index contributed by atoms with van der Waals surface area (Å²) in [6.07, 6.45) is 0.825. The van der Waals surface area contributed by atoms with Gasteiger partial charge in [0.2, 0.25) is 5.91 Å². The predicted molar refractivity (Wildman–Crippen MR) is 95.6 cm³/mol. The molecule has 25 heavy (non-hydrogen) atoms. The second-order valence-electron chi connectivity index (χ2n) is 6.26. The van der Waals surface area contributed by atoms with Crippen LogP contribution >= 0.6 is 0 Å². The summed E-state index contributed by atoms with van der Waals surface area (Å²) in [7, 11) is 1.33. The first-order valence-electron chi connectivity index (χ1n) is 8.24. The summed E-state index contributed by atoms with van der Waals surface area (Å²) in [6, 6.07) is 17.5. The van der Waals surface area contributed by atoms with Crippen molar-refractivity contribution in [1.29, 1.82) is 0 Å². The molecule has 3 aromatic rings. The fourth-order valence-electron chi connectivity index (χ4n) is 3.30. The third-order valence-electron chi connectivity index (χ3n) is 4.70. The minimum atomic E-state index is -0.498.